The molecule has 0 aromatic heterocycles. The van der Waals surface area contributed by atoms with Crippen molar-refractivity contribution in [2.75, 3.05) is 20.7 Å². The largest absolute Gasteiger partial charge is 0.504 e. The van der Waals surface area contributed by atoms with Crippen LogP contribution < -0.4 is 4.74 Å². The fourth-order valence-electron chi connectivity index (χ4n) is 5.30. The van der Waals surface area contributed by atoms with Crippen LogP contribution in [-0.4, -0.2) is 42.5 Å². The van der Waals surface area contributed by atoms with E-state index in [9.17, 15) is 9.90 Å². The van der Waals surface area contributed by atoms with E-state index in [0.29, 0.717) is 36.3 Å². The number of likely N-dealkylation sites (N-methyl/N-ethyl adjacent to an activating group) is 1. The van der Waals surface area contributed by atoms with Gasteiger partial charge in [-0.05, 0) is 50.4 Å². The van der Waals surface area contributed by atoms with E-state index in [1.807, 2.05) is 6.07 Å². The summed E-state index contributed by atoms with van der Waals surface area (Å²) in [6.07, 6.45) is 4.02. The molecule has 2 aliphatic carbocycles. The van der Waals surface area contributed by atoms with Crippen LogP contribution in [0, 0.1) is 5.92 Å². The maximum absolute atomic E-state index is 12.3. The first-order valence-electron chi connectivity index (χ1n) is 8.28. The lowest BCUT2D eigenvalue weighted by molar-refractivity contribution is -0.127. The molecule has 4 rings (SSSR count). The van der Waals surface area contributed by atoms with Crippen LogP contribution in [0.25, 0.3) is 0 Å². The lowest BCUT2D eigenvalue weighted by Crippen LogP contribution is -2.61. The highest BCUT2D eigenvalue weighted by molar-refractivity contribution is 9.10. The number of hydrogen-bond acceptors (Lipinski definition) is 4. The molecule has 1 aromatic rings. The number of ether oxygens (including phenoxy) is 1. The van der Waals surface area contributed by atoms with Crippen LogP contribution in [0.1, 0.15) is 36.8 Å². The average molecular weight is 380 g/mol. The van der Waals surface area contributed by atoms with Crippen molar-refractivity contribution >= 4 is 21.7 Å². The van der Waals surface area contributed by atoms with E-state index in [1.165, 1.54) is 0 Å². The molecule has 4 nitrogen and oxygen atoms in total. The zero-order valence-electron chi connectivity index (χ0n) is 13.6. The third kappa shape index (κ3) is 2.02. The maximum Gasteiger partial charge on any atom is 0.161 e. The third-order valence-corrected chi connectivity index (χ3v) is 7.05. The van der Waals surface area contributed by atoms with Crippen LogP contribution in [0.3, 0.4) is 0 Å². The van der Waals surface area contributed by atoms with Crippen molar-refractivity contribution in [3.8, 4) is 11.5 Å². The van der Waals surface area contributed by atoms with Crippen LogP contribution in [0.2, 0.25) is 0 Å². The molecule has 3 aliphatic rings. The number of methoxy groups -OCH3 is 1. The molecule has 1 saturated heterocycles. The number of nitrogens with zero attached hydrogens (tertiary/aromatic N) is 1. The van der Waals surface area contributed by atoms with Gasteiger partial charge in [0.05, 0.1) is 7.11 Å². The summed E-state index contributed by atoms with van der Waals surface area (Å²) in [5, 5.41) is 10.9. The minimum atomic E-state index is -0.221. The number of halogens is 1. The summed E-state index contributed by atoms with van der Waals surface area (Å²) < 4.78 is 6.36. The third-order valence-electron chi connectivity index (χ3n) is 6.35. The summed E-state index contributed by atoms with van der Waals surface area (Å²) in [6, 6.07) is 2.30. The molecule has 1 aliphatic heterocycles. The molecule has 3 atom stereocenters. The summed E-state index contributed by atoms with van der Waals surface area (Å²) in [4.78, 5) is 14.8. The number of phenolic OH excluding ortho intramolecular Hbond substituents is 1. The second-order valence-electron chi connectivity index (χ2n) is 7.28. The molecule has 1 aromatic carbocycles. The zero-order valence-corrected chi connectivity index (χ0v) is 15.1. The second-order valence-corrected chi connectivity index (χ2v) is 8.14. The van der Waals surface area contributed by atoms with Gasteiger partial charge >= 0.3 is 0 Å². The highest BCUT2D eigenvalue weighted by Crippen LogP contribution is 2.59. The van der Waals surface area contributed by atoms with Crippen molar-refractivity contribution in [1.82, 2.24) is 4.90 Å². The quantitative estimate of drug-likeness (QED) is 0.814. The molecule has 5 heteroatoms. The minimum Gasteiger partial charge on any atom is -0.504 e. The minimum absolute atomic E-state index is 0.221. The van der Waals surface area contributed by atoms with Gasteiger partial charge in [-0.2, -0.15) is 0 Å². The number of fused-ring (bicyclic) bond motifs is 1. The number of aromatic hydroxyl groups is 1. The van der Waals surface area contributed by atoms with Gasteiger partial charge < -0.3 is 14.7 Å². The number of likely N-dealkylation sites (tertiary alicyclic amines) is 1. The molecular weight excluding hydrogens is 358 g/mol. The molecule has 0 unspecified atom stereocenters. The lowest BCUT2D eigenvalue weighted by atomic mass is 9.52. The normalized spacial score (nSPS) is 33.1. The fraction of sp³-hybridized carbons (Fsp3) is 0.611. The van der Waals surface area contributed by atoms with Gasteiger partial charge in [-0.1, -0.05) is 15.9 Å². The Hall–Kier alpha value is -1.07. The second kappa shape index (κ2) is 5.21. The first kappa shape index (κ1) is 15.5. The Morgan fingerprint density at radius 3 is 3.00 bits per heavy atom. The molecule has 0 amide bonds. The van der Waals surface area contributed by atoms with Crippen LogP contribution in [0.5, 0.6) is 11.5 Å². The van der Waals surface area contributed by atoms with Crippen molar-refractivity contribution in [2.45, 2.75) is 43.6 Å². The van der Waals surface area contributed by atoms with Gasteiger partial charge in [-0.3, -0.25) is 4.79 Å². The van der Waals surface area contributed by atoms with Crippen LogP contribution >= 0.6 is 15.9 Å². The highest BCUT2D eigenvalue weighted by atomic mass is 79.9. The molecule has 1 N–H and O–H groups in total. The van der Waals surface area contributed by atoms with E-state index in [1.54, 1.807) is 7.11 Å². The highest BCUT2D eigenvalue weighted by Gasteiger charge is 2.56. The zero-order chi connectivity index (χ0) is 16.4. The summed E-state index contributed by atoms with van der Waals surface area (Å²) in [5.74, 6) is 1.51. The molecule has 1 heterocycles. The van der Waals surface area contributed by atoms with Gasteiger partial charge in [0.25, 0.3) is 0 Å². The number of carbonyl (C=O) groups excluding carboxylic acids is 1. The molecule has 1 saturated carbocycles. The molecule has 2 fully saturated rings. The Labute approximate surface area is 144 Å². The van der Waals surface area contributed by atoms with E-state index in [4.69, 9.17) is 4.74 Å². The lowest BCUT2D eigenvalue weighted by Gasteiger charge is -2.58. The van der Waals surface area contributed by atoms with Gasteiger partial charge in [0.1, 0.15) is 5.78 Å². The van der Waals surface area contributed by atoms with Crippen LogP contribution in [-0.2, 0) is 16.6 Å². The first-order valence-corrected chi connectivity index (χ1v) is 9.08. The fourth-order valence-corrected chi connectivity index (χ4v) is 5.87. The number of rotatable bonds is 1. The van der Waals surface area contributed by atoms with E-state index < -0.39 is 0 Å². The van der Waals surface area contributed by atoms with Crippen molar-refractivity contribution in [1.29, 1.82) is 0 Å². The Morgan fingerprint density at radius 1 is 1.48 bits per heavy atom. The van der Waals surface area contributed by atoms with Gasteiger partial charge in [0, 0.05) is 34.3 Å². The predicted molar refractivity (Wildman–Crippen MR) is 91.1 cm³/mol. The standard InChI is InChI=1S/C18H22BrNO3/c1-20-6-5-18-9-10(21)3-4-12(18)14(20)7-11-13(19)8-15(23-2)17(22)16(11)18/h8,12,14,22H,3-7,9H2,1-2H3/t12-,14+,18-/m0/s1. The van der Waals surface area contributed by atoms with Gasteiger partial charge in [-0.15, -0.1) is 0 Å². The number of hydrogen-bond donors (Lipinski definition) is 1. The summed E-state index contributed by atoms with van der Waals surface area (Å²) in [7, 11) is 3.77. The molecule has 0 radical (unpaired) electrons. The van der Waals surface area contributed by atoms with Crippen LogP contribution in [0.15, 0.2) is 10.5 Å². The molecule has 124 valence electrons. The van der Waals surface area contributed by atoms with Gasteiger partial charge in [0.15, 0.2) is 11.5 Å². The molecule has 2 bridgehead atoms. The van der Waals surface area contributed by atoms with Crippen molar-refractivity contribution < 1.29 is 14.6 Å². The van der Waals surface area contributed by atoms with Crippen LogP contribution in [0.4, 0.5) is 0 Å². The monoisotopic (exact) mass is 379 g/mol. The van der Waals surface area contributed by atoms with E-state index >= 15 is 0 Å². The van der Waals surface area contributed by atoms with E-state index in [2.05, 4.69) is 27.9 Å². The van der Waals surface area contributed by atoms with E-state index in [0.717, 1.165) is 41.4 Å². The Kier molecular flexibility index (Phi) is 3.50. The predicted octanol–water partition coefficient (Wildman–Crippen LogP) is 3.03. The molecule has 0 spiro atoms. The summed E-state index contributed by atoms with van der Waals surface area (Å²) in [5.41, 5.74) is 1.92. The maximum atomic E-state index is 12.3. The SMILES string of the molecule is COc1cc(Br)c2c(c1O)[C@]13CCN(C)[C@H](C2)[C@@H]1CCC(=O)C3. The average Bonchev–Trinajstić information content (AvgIpc) is 2.53. The number of carbonyl (C=O) groups is 1. The van der Waals surface area contributed by atoms with E-state index in [-0.39, 0.29) is 11.2 Å². The number of benzene rings is 1. The van der Waals surface area contributed by atoms with Crippen molar-refractivity contribution in [3.05, 3.63) is 21.7 Å². The van der Waals surface area contributed by atoms with Crippen molar-refractivity contribution in [2.24, 2.45) is 5.92 Å². The topological polar surface area (TPSA) is 49.8 Å². The Bertz CT molecular complexity index is 689. The smallest absolute Gasteiger partial charge is 0.161 e. The number of phenols is 1. The van der Waals surface area contributed by atoms with Gasteiger partial charge in [0.2, 0.25) is 0 Å². The first-order chi connectivity index (χ1) is 11.0. The Morgan fingerprint density at radius 2 is 2.26 bits per heavy atom. The Balaban J connectivity index is 1.99. The summed E-state index contributed by atoms with van der Waals surface area (Å²) in [6.45, 7) is 0.974. The number of Topliss-reactive ketones (excluding diaryl/α,β-unsaturated/α-hetero) is 1. The summed E-state index contributed by atoms with van der Waals surface area (Å²) >= 11 is 3.67. The van der Waals surface area contributed by atoms with Crippen molar-refractivity contribution in [3.63, 3.8) is 0 Å². The van der Waals surface area contributed by atoms with Gasteiger partial charge in [-0.25, -0.2) is 0 Å². The molecular formula is C18H22BrNO3. The molecule has 23 heavy (non-hydrogen) atoms. The number of ketones is 1. The number of piperidine rings is 1.